The van der Waals surface area contributed by atoms with Crippen LogP contribution in [0.25, 0.3) is 0 Å². The highest BCUT2D eigenvalue weighted by molar-refractivity contribution is 5.39. The predicted molar refractivity (Wildman–Crippen MR) is 102 cm³/mol. The molecule has 0 aliphatic heterocycles. The molecule has 0 amide bonds. The molecule has 4 heteroatoms. The van der Waals surface area contributed by atoms with E-state index in [1.54, 1.807) is 0 Å². The Kier molecular flexibility index (Phi) is 5.41. The van der Waals surface area contributed by atoms with Crippen molar-refractivity contribution in [2.75, 3.05) is 28.2 Å². The van der Waals surface area contributed by atoms with E-state index in [-0.39, 0.29) is 5.92 Å². The maximum Gasteiger partial charge on any atom is 0.117 e. The van der Waals surface area contributed by atoms with Gasteiger partial charge in [0.05, 0.1) is 45.5 Å². The van der Waals surface area contributed by atoms with Gasteiger partial charge in [0.2, 0.25) is 0 Å². The highest BCUT2D eigenvalue weighted by Gasteiger charge is 2.20. The van der Waals surface area contributed by atoms with Gasteiger partial charge in [0.1, 0.15) is 13.1 Å². The molecule has 132 valence electrons. The minimum Gasteiger partial charge on any atom is -0.357 e. The van der Waals surface area contributed by atoms with E-state index in [2.05, 4.69) is 92.8 Å². The number of aromatic nitrogens is 2. The largest absolute Gasteiger partial charge is 0.357 e. The van der Waals surface area contributed by atoms with Crippen LogP contribution in [0.4, 0.5) is 0 Å². The molecule has 25 heavy (non-hydrogen) atoms. The van der Waals surface area contributed by atoms with Crippen molar-refractivity contribution in [3.8, 4) is 0 Å². The minimum atomic E-state index is 0.207. The number of benzene rings is 1. The molecule has 0 atom stereocenters. The molecule has 0 saturated heterocycles. The van der Waals surface area contributed by atoms with E-state index >= 15 is 0 Å². The number of quaternary nitrogens is 2. The monoisotopic (exact) mass is 338 g/mol. The summed E-state index contributed by atoms with van der Waals surface area (Å²) in [7, 11) is 8.71. The van der Waals surface area contributed by atoms with E-state index in [0.717, 1.165) is 13.1 Å². The molecule has 0 spiro atoms. The van der Waals surface area contributed by atoms with Crippen LogP contribution in [0.2, 0.25) is 0 Å². The lowest BCUT2D eigenvalue weighted by molar-refractivity contribution is -0.873. The van der Waals surface area contributed by atoms with Crippen molar-refractivity contribution in [1.29, 1.82) is 0 Å². The van der Waals surface area contributed by atoms with Gasteiger partial charge in [0.25, 0.3) is 0 Å². The van der Waals surface area contributed by atoms with Gasteiger partial charge in [-0.1, -0.05) is 30.3 Å². The summed E-state index contributed by atoms with van der Waals surface area (Å²) < 4.78 is 0. The van der Waals surface area contributed by atoms with Gasteiger partial charge in [-0.25, -0.2) is 0 Å². The zero-order valence-corrected chi connectivity index (χ0v) is 15.7. The van der Waals surface area contributed by atoms with Crippen LogP contribution in [-0.4, -0.2) is 38.2 Å². The summed E-state index contributed by atoms with van der Waals surface area (Å²) in [6.07, 6.45) is 0. The summed E-state index contributed by atoms with van der Waals surface area (Å²) in [5.41, 5.74) is 6.35. The van der Waals surface area contributed by atoms with Crippen molar-refractivity contribution in [1.82, 2.24) is 9.97 Å². The molecule has 0 fully saturated rings. The topological polar surface area (TPSA) is 40.5 Å². The van der Waals surface area contributed by atoms with Crippen LogP contribution in [0.3, 0.4) is 0 Å². The SMILES string of the molecule is C[NH+](C)Cc1ccc(C(c2ccccc2)c2ccc(C[NH+](C)C)[nH]2)[nH]1. The Bertz CT molecular complexity index is 735. The highest BCUT2D eigenvalue weighted by atomic mass is 15.1. The number of H-pyrrole nitrogens is 2. The zero-order chi connectivity index (χ0) is 17.8. The van der Waals surface area contributed by atoms with E-state index < -0.39 is 0 Å². The Hall–Kier alpha value is -2.30. The van der Waals surface area contributed by atoms with Gasteiger partial charge in [0.15, 0.2) is 0 Å². The second kappa shape index (κ2) is 7.72. The van der Waals surface area contributed by atoms with Gasteiger partial charge >= 0.3 is 0 Å². The first kappa shape index (κ1) is 17.5. The van der Waals surface area contributed by atoms with E-state index in [9.17, 15) is 0 Å². The van der Waals surface area contributed by atoms with Crippen molar-refractivity contribution < 1.29 is 9.80 Å². The van der Waals surface area contributed by atoms with Crippen LogP contribution in [0.1, 0.15) is 34.3 Å². The van der Waals surface area contributed by atoms with Crippen molar-refractivity contribution in [3.05, 3.63) is 82.9 Å². The third-order valence-corrected chi connectivity index (χ3v) is 4.38. The summed E-state index contributed by atoms with van der Waals surface area (Å²) in [6.45, 7) is 2.00. The third-order valence-electron chi connectivity index (χ3n) is 4.38. The molecule has 3 aromatic rings. The van der Waals surface area contributed by atoms with Gasteiger partial charge in [-0.3, -0.25) is 0 Å². The number of nitrogens with one attached hydrogen (secondary N) is 4. The standard InChI is InChI=1S/C21H28N4/c1-24(2)14-17-10-12-19(22-17)21(16-8-6-5-7-9-16)20-13-11-18(23-20)15-25(3)4/h5-13,21-23H,14-15H2,1-4H3/p+2. The van der Waals surface area contributed by atoms with Crippen LogP contribution in [-0.2, 0) is 13.1 Å². The summed E-state index contributed by atoms with van der Waals surface area (Å²) in [4.78, 5) is 10.1. The fourth-order valence-electron chi connectivity index (χ4n) is 3.40. The predicted octanol–water partition coefficient (Wildman–Crippen LogP) is 0.812. The average molecular weight is 338 g/mol. The number of rotatable bonds is 7. The van der Waals surface area contributed by atoms with Crippen molar-refractivity contribution >= 4 is 0 Å². The molecule has 2 aromatic heterocycles. The Morgan fingerprint density at radius 3 is 1.60 bits per heavy atom. The molecule has 3 rings (SSSR count). The average Bonchev–Trinajstić information content (AvgIpc) is 3.18. The van der Waals surface area contributed by atoms with Crippen LogP contribution >= 0.6 is 0 Å². The van der Waals surface area contributed by atoms with E-state index in [1.165, 1.54) is 38.1 Å². The molecule has 0 radical (unpaired) electrons. The summed E-state index contributed by atoms with van der Waals surface area (Å²) in [5, 5.41) is 0. The normalized spacial score (nSPS) is 11.8. The zero-order valence-electron chi connectivity index (χ0n) is 15.7. The van der Waals surface area contributed by atoms with Crippen LogP contribution < -0.4 is 9.80 Å². The Labute approximate surface area is 150 Å². The second-order valence-electron chi connectivity index (χ2n) is 7.49. The van der Waals surface area contributed by atoms with Crippen LogP contribution in [0.15, 0.2) is 54.6 Å². The number of hydrogen-bond acceptors (Lipinski definition) is 0. The van der Waals surface area contributed by atoms with Gasteiger partial charge in [-0.2, -0.15) is 0 Å². The lowest BCUT2D eigenvalue weighted by Crippen LogP contribution is -3.04. The fourth-order valence-corrected chi connectivity index (χ4v) is 3.40. The smallest absolute Gasteiger partial charge is 0.117 e. The Balaban J connectivity index is 1.96. The maximum absolute atomic E-state index is 3.65. The molecular weight excluding hydrogens is 308 g/mol. The van der Waals surface area contributed by atoms with Gasteiger partial charge in [-0.15, -0.1) is 0 Å². The molecule has 0 aliphatic carbocycles. The first-order chi connectivity index (χ1) is 12.0. The number of aromatic amines is 2. The molecule has 0 saturated carbocycles. The molecular formula is C21H30N4+2. The van der Waals surface area contributed by atoms with Crippen molar-refractivity contribution in [2.24, 2.45) is 0 Å². The van der Waals surface area contributed by atoms with Gasteiger partial charge in [0, 0.05) is 11.4 Å². The second-order valence-corrected chi connectivity index (χ2v) is 7.49. The maximum atomic E-state index is 3.65. The summed E-state index contributed by atoms with van der Waals surface area (Å²) in [5.74, 6) is 0.207. The fraction of sp³-hybridized carbons (Fsp3) is 0.333. The van der Waals surface area contributed by atoms with Gasteiger partial charge in [-0.05, 0) is 29.8 Å². The summed E-state index contributed by atoms with van der Waals surface area (Å²) in [6, 6.07) is 19.6. The highest BCUT2D eigenvalue weighted by Crippen LogP contribution is 2.30. The molecule has 0 unspecified atom stereocenters. The quantitative estimate of drug-likeness (QED) is 0.493. The number of hydrogen-bond donors (Lipinski definition) is 4. The van der Waals surface area contributed by atoms with Crippen LogP contribution in [0.5, 0.6) is 0 Å². The molecule has 4 nitrogen and oxygen atoms in total. The molecule has 0 aliphatic rings. The van der Waals surface area contributed by atoms with E-state index in [1.807, 2.05) is 0 Å². The molecule has 2 heterocycles. The summed E-state index contributed by atoms with van der Waals surface area (Å²) >= 11 is 0. The Morgan fingerprint density at radius 2 is 1.16 bits per heavy atom. The minimum absolute atomic E-state index is 0.207. The van der Waals surface area contributed by atoms with Crippen molar-refractivity contribution in [3.63, 3.8) is 0 Å². The molecule has 0 bridgehead atoms. The molecule has 4 N–H and O–H groups in total. The Morgan fingerprint density at radius 1 is 0.680 bits per heavy atom. The van der Waals surface area contributed by atoms with E-state index in [4.69, 9.17) is 0 Å². The molecule has 1 aromatic carbocycles. The van der Waals surface area contributed by atoms with Crippen molar-refractivity contribution in [2.45, 2.75) is 19.0 Å². The van der Waals surface area contributed by atoms with Crippen LogP contribution in [0, 0.1) is 0 Å². The lowest BCUT2D eigenvalue weighted by Gasteiger charge is -2.16. The first-order valence-corrected chi connectivity index (χ1v) is 9.01. The lowest BCUT2D eigenvalue weighted by atomic mass is 9.93. The third kappa shape index (κ3) is 4.41. The van der Waals surface area contributed by atoms with E-state index in [0.29, 0.717) is 0 Å². The van der Waals surface area contributed by atoms with Gasteiger partial charge < -0.3 is 19.8 Å². The first-order valence-electron chi connectivity index (χ1n) is 9.01.